The van der Waals surface area contributed by atoms with Crippen LogP contribution >= 0.6 is 15.9 Å². The number of rotatable bonds is 1. The molecule has 0 aromatic heterocycles. The Morgan fingerprint density at radius 3 is 2.14 bits per heavy atom. The predicted molar refractivity (Wildman–Crippen MR) is 44.1 cm³/mol. The van der Waals surface area contributed by atoms with Gasteiger partial charge in [-0.05, 0) is 6.07 Å². The summed E-state index contributed by atoms with van der Waals surface area (Å²) in [7, 11) is 0. The fourth-order valence-corrected chi connectivity index (χ4v) is 1.25. The molecule has 1 aromatic carbocycles. The second-order valence-corrected chi connectivity index (χ2v) is 3.49. The summed E-state index contributed by atoms with van der Waals surface area (Å²) in [6, 6.07) is 1.95. The third kappa shape index (κ3) is 2.43. The van der Waals surface area contributed by atoms with Crippen LogP contribution < -0.4 is 0 Å². The van der Waals surface area contributed by atoms with Crippen LogP contribution in [0.2, 0.25) is 0 Å². The highest BCUT2D eigenvalue weighted by atomic mass is 79.9. The molecule has 0 fully saturated rings. The van der Waals surface area contributed by atoms with Gasteiger partial charge in [0.15, 0.2) is 0 Å². The number of hydrogen-bond donors (Lipinski definition) is 0. The third-order valence-electron chi connectivity index (χ3n) is 1.52. The molecule has 0 aliphatic heterocycles. The molecule has 0 aliphatic rings. The minimum atomic E-state index is -4.60. The van der Waals surface area contributed by atoms with Crippen LogP contribution in [0.25, 0.3) is 0 Å². The average molecular weight is 275 g/mol. The van der Waals surface area contributed by atoms with Crippen molar-refractivity contribution in [3.05, 3.63) is 35.4 Å². The van der Waals surface area contributed by atoms with Crippen molar-refractivity contribution in [1.82, 2.24) is 0 Å². The van der Waals surface area contributed by atoms with Crippen molar-refractivity contribution < 1.29 is 22.0 Å². The van der Waals surface area contributed by atoms with Crippen LogP contribution in [0.5, 0.6) is 0 Å². The molecule has 78 valence electrons. The molecule has 0 heterocycles. The lowest BCUT2D eigenvalue weighted by atomic mass is 10.1. The monoisotopic (exact) mass is 274 g/mol. The highest BCUT2D eigenvalue weighted by Crippen LogP contribution is 2.40. The van der Waals surface area contributed by atoms with Crippen molar-refractivity contribution in [2.75, 3.05) is 0 Å². The van der Waals surface area contributed by atoms with Crippen LogP contribution in [0.1, 0.15) is 10.4 Å². The summed E-state index contributed by atoms with van der Waals surface area (Å²) in [5.41, 5.74) is -0.626. The Morgan fingerprint density at radius 2 is 1.71 bits per heavy atom. The van der Waals surface area contributed by atoms with E-state index in [9.17, 15) is 22.0 Å². The van der Waals surface area contributed by atoms with E-state index in [4.69, 9.17) is 0 Å². The topological polar surface area (TPSA) is 0 Å². The standard InChI is InChI=1S/C8H4BrF5/c9-7(8(12,13)14)5-2-1-4(10)3-6(5)11/h1-3,7H. The Balaban J connectivity index is 3.08. The van der Waals surface area contributed by atoms with Crippen LogP contribution in [0.3, 0.4) is 0 Å². The Bertz CT molecular complexity index is 333. The minimum Gasteiger partial charge on any atom is -0.207 e. The molecule has 0 nitrogen and oxygen atoms in total. The number of hydrogen-bond acceptors (Lipinski definition) is 0. The molecule has 0 amide bonds. The van der Waals surface area contributed by atoms with Crippen LogP contribution in [0.15, 0.2) is 18.2 Å². The van der Waals surface area contributed by atoms with E-state index in [1.54, 1.807) is 0 Å². The molecule has 6 heteroatoms. The Labute approximate surface area is 84.9 Å². The van der Waals surface area contributed by atoms with Crippen LogP contribution in [0.4, 0.5) is 22.0 Å². The molecular formula is C8H4BrF5. The summed E-state index contributed by atoms with van der Waals surface area (Å²) in [6.45, 7) is 0. The van der Waals surface area contributed by atoms with Gasteiger partial charge < -0.3 is 0 Å². The number of benzene rings is 1. The van der Waals surface area contributed by atoms with Gasteiger partial charge in [-0.1, -0.05) is 22.0 Å². The molecule has 0 N–H and O–H groups in total. The zero-order valence-electron chi connectivity index (χ0n) is 6.58. The first-order valence-electron chi connectivity index (χ1n) is 3.48. The second-order valence-electron chi connectivity index (χ2n) is 2.57. The molecular weight excluding hydrogens is 271 g/mol. The maximum atomic E-state index is 12.9. The smallest absolute Gasteiger partial charge is 0.207 e. The molecule has 14 heavy (non-hydrogen) atoms. The summed E-state index contributed by atoms with van der Waals surface area (Å²) in [5, 5.41) is 0. The predicted octanol–water partition coefficient (Wildman–Crippen LogP) is 3.96. The van der Waals surface area contributed by atoms with E-state index in [0.29, 0.717) is 6.07 Å². The lowest BCUT2D eigenvalue weighted by Crippen LogP contribution is -2.16. The zero-order chi connectivity index (χ0) is 10.9. The molecule has 0 spiro atoms. The Morgan fingerprint density at radius 1 is 1.14 bits per heavy atom. The molecule has 0 aliphatic carbocycles. The van der Waals surface area contributed by atoms with Crippen molar-refractivity contribution in [3.8, 4) is 0 Å². The molecule has 0 bridgehead atoms. The summed E-state index contributed by atoms with van der Waals surface area (Å²) in [4.78, 5) is -2.12. The third-order valence-corrected chi connectivity index (χ3v) is 2.54. The number of alkyl halides is 4. The van der Waals surface area contributed by atoms with Gasteiger partial charge in [0.05, 0.1) is 0 Å². The molecule has 1 atom stereocenters. The maximum absolute atomic E-state index is 12.9. The van der Waals surface area contributed by atoms with Crippen molar-refractivity contribution in [2.24, 2.45) is 0 Å². The highest BCUT2D eigenvalue weighted by Gasteiger charge is 2.40. The largest absolute Gasteiger partial charge is 0.405 e. The molecule has 0 saturated carbocycles. The first kappa shape index (κ1) is 11.4. The van der Waals surface area contributed by atoms with Gasteiger partial charge in [-0.3, -0.25) is 0 Å². The summed E-state index contributed by atoms with van der Waals surface area (Å²) in [6.07, 6.45) is -4.60. The van der Waals surface area contributed by atoms with E-state index in [2.05, 4.69) is 15.9 Å². The minimum absolute atomic E-state index is 0.412. The van der Waals surface area contributed by atoms with Gasteiger partial charge in [0.1, 0.15) is 16.5 Å². The van der Waals surface area contributed by atoms with Gasteiger partial charge in [-0.15, -0.1) is 0 Å². The molecule has 0 radical (unpaired) electrons. The van der Waals surface area contributed by atoms with Crippen molar-refractivity contribution >= 4 is 15.9 Å². The summed E-state index contributed by atoms with van der Waals surface area (Å²) in [5.74, 6) is -2.13. The van der Waals surface area contributed by atoms with Gasteiger partial charge in [-0.2, -0.15) is 13.2 Å². The zero-order valence-corrected chi connectivity index (χ0v) is 8.16. The highest BCUT2D eigenvalue weighted by molar-refractivity contribution is 9.09. The lowest BCUT2D eigenvalue weighted by Gasteiger charge is -2.14. The van der Waals surface area contributed by atoms with E-state index < -0.39 is 28.2 Å². The van der Waals surface area contributed by atoms with Gasteiger partial charge in [0, 0.05) is 11.6 Å². The van der Waals surface area contributed by atoms with Crippen LogP contribution in [0, 0.1) is 11.6 Å². The van der Waals surface area contributed by atoms with Gasteiger partial charge in [-0.25, -0.2) is 8.78 Å². The van der Waals surface area contributed by atoms with E-state index in [1.165, 1.54) is 0 Å². The van der Waals surface area contributed by atoms with Crippen LogP contribution in [-0.4, -0.2) is 6.18 Å². The second kappa shape index (κ2) is 3.84. The SMILES string of the molecule is Fc1ccc(C(Br)C(F)(F)F)c(F)c1. The first-order chi connectivity index (χ1) is 6.32. The van der Waals surface area contributed by atoms with Gasteiger partial charge in [0.25, 0.3) is 0 Å². The average Bonchev–Trinajstić information content (AvgIpc) is 2.01. The molecule has 1 rings (SSSR count). The van der Waals surface area contributed by atoms with E-state index in [0.717, 1.165) is 12.1 Å². The molecule has 1 aromatic rings. The summed E-state index contributed by atoms with van der Waals surface area (Å²) >= 11 is 2.29. The van der Waals surface area contributed by atoms with Crippen molar-refractivity contribution in [3.63, 3.8) is 0 Å². The molecule has 1 unspecified atom stereocenters. The lowest BCUT2D eigenvalue weighted by molar-refractivity contribution is -0.128. The Kier molecular flexibility index (Phi) is 3.14. The fourth-order valence-electron chi connectivity index (χ4n) is 0.883. The van der Waals surface area contributed by atoms with E-state index in [-0.39, 0.29) is 0 Å². The first-order valence-corrected chi connectivity index (χ1v) is 4.39. The fraction of sp³-hybridized carbons (Fsp3) is 0.250. The van der Waals surface area contributed by atoms with Crippen molar-refractivity contribution in [2.45, 2.75) is 11.0 Å². The van der Waals surface area contributed by atoms with Gasteiger partial charge >= 0.3 is 6.18 Å². The molecule has 0 saturated heterocycles. The number of halogens is 6. The maximum Gasteiger partial charge on any atom is 0.405 e. The van der Waals surface area contributed by atoms with E-state index in [1.807, 2.05) is 0 Å². The Hall–Kier alpha value is -0.650. The summed E-state index contributed by atoms with van der Waals surface area (Å²) < 4.78 is 61.6. The van der Waals surface area contributed by atoms with Crippen LogP contribution in [-0.2, 0) is 0 Å². The van der Waals surface area contributed by atoms with E-state index >= 15 is 0 Å². The van der Waals surface area contributed by atoms with Crippen molar-refractivity contribution in [1.29, 1.82) is 0 Å². The van der Waals surface area contributed by atoms with Gasteiger partial charge in [0.2, 0.25) is 0 Å². The normalized spacial score (nSPS) is 14.1. The quantitative estimate of drug-likeness (QED) is 0.537.